The second-order valence-electron chi connectivity index (χ2n) is 10.5. The van der Waals surface area contributed by atoms with E-state index in [1.54, 1.807) is 6.92 Å². The highest BCUT2D eigenvalue weighted by atomic mass is 16.5. The molecular weight excluding hydrogens is 426 g/mol. The standard InChI is InChI=1S/C28H39N3O3/c1-2-34-28(33)26-27(32)31(25-17-10-9-16-24(25)29-26)23-18-21-14-11-15-22(19-23)30(21)20-12-7-5-3-4-6-8-13-20/h9-10,16-17,20-23H,2-8,11-15,18-19H2,1H3/t21-,22+,23?. The first-order chi connectivity index (χ1) is 16.7. The molecule has 184 valence electrons. The molecule has 34 heavy (non-hydrogen) atoms. The Morgan fingerprint density at radius 2 is 1.50 bits per heavy atom. The molecule has 5 rings (SSSR count). The van der Waals surface area contributed by atoms with Gasteiger partial charge in [0, 0.05) is 24.2 Å². The lowest BCUT2D eigenvalue weighted by Crippen LogP contribution is -2.57. The Hall–Kier alpha value is -2.21. The second-order valence-corrected chi connectivity index (χ2v) is 10.5. The van der Waals surface area contributed by atoms with Crippen molar-refractivity contribution in [1.29, 1.82) is 0 Å². The SMILES string of the molecule is CCOC(=O)c1nc2ccccc2n(C2C[C@H]3CCC[C@@H](C2)N3C2CCCCCCCC2)c1=O. The molecule has 1 unspecified atom stereocenters. The van der Waals surface area contributed by atoms with E-state index in [2.05, 4.69) is 9.88 Å². The van der Waals surface area contributed by atoms with Gasteiger partial charge in [0.05, 0.1) is 17.6 Å². The zero-order valence-corrected chi connectivity index (χ0v) is 20.6. The molecule has 2 bridgehead atoms. The summed E-state index contributed by atoms with van der Waals surface area (Å²) in [6, 6.07) is 9.55. The number of esters is 1. The Morgan fingerprint density at radius 1 is 0.882 bits per heavy atom. The number of piperidine rings is 2. The molecule has 2 saturated heterocycles. The number of ether oxygens (including phenoxy) is 1. The molecule has 3 atom stereocenters. The third-order valence-electron chi connectivity index (χ3n) is 8.38. The fraction of sp³-hybridized carbons (Fsp3) is 0.679. The zero-order chi connectivity index (χ0) is 23.5. The molecule has 3 heterocycles. The summed E-state index contributed by atoms with van der Waals surface area (Å²) >= 11 is 0. The molecule has 0 spiro atoms. The van der Waals surface area contributed by atoms with Crippen LogP contribution < -0.4 is 5.56 Å². The van der Waals surface area contributed by atoms with Crippen LogP contribution >= 0.6 is 0 Å². The van der Waals surface area contributed by atoms with Gasteiger partial charge in [0.15, 0.2) is 0 Å². The van der Waals surface area contributed by atoms with Crippen molar-refractivity contribution in [3.05, 3.63) is 40.3 Å². The van der Waals surface area contributed by atoms with Crippen molar-refractivity contribution in [3.8, 4) is 0 Å². The molecule has 6 nitrogen and oxygen atoms in total. The molecule has 1 aromatic carbocycles. The Bertz CT molecular complexity index is 1040. The third kappa shape index (κ3) is 4.66. The number of carbonyl (C=O) groups is 1. The van der Waals surface area contributed by atoms with Crippen LogP contribution in [-0.2, 0) is 4.74 Å². The first kappa shape index (κ1) is 23.5. The maximum Gasteiger partial charge on any atom is 0.362 e. The number of fused-ring (bicyclic) bond motifs is 3. The predicted molar refractivity (Wildman–Crippen MR) is 134 cm³/mol. The van der Waals surface area contributed by atoms with Crippen LogP contribution in [0.2, 0.25) is 0 Å². The van der Waals surface area contributed by atoms with Gasteiger partial charge in [0.25, 0.3) is 5.56 Å². The molecule has 1 saturated carbocycles. The molecule has 2 aliphatic heterocycles. The van der Waals surface area contributed by atoms with E-state index in [-0.39, 0.29) is 23.9 Å². The fourth-order valence-corrected chi connectivity index (χ4v) is 6.95. The molecule has 0 amide bonds. The van der Waals surface area contributed by atoms with Gasteiger partial charge in [0.2, 0.25) is 5.69 Å². The number of hydrogen-bond acceptors (Lipinski definition) is 5. The Balaban J connectivity index is 1.48. The van der Waals surface area contributed by atoms with Crippen molar-refractivity contribution in [2.45, 2.75) is 115 Å². The van der Waals surface area contributed by atoms with Gasteiger partial charge in [-0.2, -0.15) is 0 Å². The van der Waals surface area contributed by atoms with Crippen molar-refractivity contribution >= 4 is 17.0 Å². The average Bonchev–Trinajstić information content (AvgIpc) is 2.97. The van der Waals surface area contributed by atoms with Crippen molar-refractivity contribution < 1.29 is 9.53 Å². The van der Waals surface area contributed by atoms with Gasteiger partial charge >= 0.3 is 5.97 Å². The molecule has 3 fully saturated rings. The van der Waals surface area contributed by atoms with Crippen LogP contribution in [0.4, 0.5) is 0 Å². The largest absolute Gasteiger partial charge is 0.461 e. The maximum absolute atomic E-state index is 13.6. The van der Waals surface area contributed by atoms with Crippen LogP contribution in [0.15, 0.2) is 29.1 Å². The third-order valence-corrected chi connectivity index (χ3v) is 8.38. The average molecular weight is 466 g/mol. The maximum atomic E-state index is 13.6. The van der Waals surface area contributed by atoms with E-state index in [9.17, 15) is 9.59 Å². The summed E-state index contributed by atoms with van der Waals surface area (Å²) in [6.07, 6.45) is 16.5. The van der Waals surface area contributed by atoms with Gasteiger partial charge in [-0.3, -0.25) is 9.69 Å². The number of para-hydroxylation sites is 2. The lowest BCUT2D eigenvalue weighted by Gasteiger charge is -2.53. The Morgan fingerprint density at radius 3 is 2.18 bits per heavy atom. The summed E-state index contributed by atoms with van der Waals surface area (Å²) < 4.78 is 7.07. The van der Waals surface area contributed by atoms with Crippen molar-refractivity contribution in [2.24, 2.45) is 0 Å². The van der Waals surface area contributed by atoms with Crippen LogP contribution in [0.1, 0.15) is 107 Å². The summed E-state index contributed by atoms with van der Waals surface area (Å²) in [5, 5.41) is 0. The van der Waals surface area contributed by atoms with Crippen LogP contribution in [0.25, 0.3) is 11.0 Å². The highest BCUT2D eigenvalue weighted by molar-refractivity contribution is 5.89. The van der Waals surface area contributed by atoms with E-state index < -0.39 is 5.97 Å². The quantitative estimate of drug-likeness (QED) is 0.547. The second kappa shape index (κ2) is 10.6. The minimum absolute atomic E-state index is 0.0793. The fourth-order valence-electron chi connectivity index (χ4n) is 6.95. The van der Waals surface area contributed by atoms with E-state index in [1.165, 1.54) is 70.6 Å². The first-order valence-electron chi connectivity index (χ1n) is 13.6. The topological polar surface area (TPSA) is 64.4 Å². The molecule has 6 heteroatoms. The van der Waals surface area contributed by atoms with Crippen molar-refractivity contribution in [3.63, 3.8) is 0 Å². The van der Waals surface area contributed by atoms with E-state index in [0.717, 1.165) is 18.4 Å². The van der Waals surface area contributed by atoms with Gasteiger partial charge in [-0.25, -0.2) is 9.78 Å². The summed E-state index contributed by atoms with van der Waals surface area (Å²) in [4.78, 5) is 33.5. The van der Waals surface area contributed by atoms with Crippen molar-refractivity contribution in [1.82, 2.24) is 14.5 Å². The summed E-state index contributed by atoms with van der Waals surface area (Å²) in [5.74, 6) is -0.616. The van der Waals surface area contributed by atoms with E-state index in [1.807, 2.05) is 28.8 Å². The van der Waals surface area contributed by atoms with Gasteiger partial charge in [-0.05, 0) is 57.6 Å². The first-order valence-corrected chi connectivity index (χ1v) is 13.6. The Kier molecular flexibility index (Phi) is 7.33. The number of benzene rings is 1. The summed E-state index contributed by atoms with van der Waals surface area (Å²) in [5.41, 5.74) is 1.15. The van der Waals surface area contributed by atoms with E-state index >= 15 is 0 Å². The summed E-state index contributed by atoms with van der Waals surface area (Å²) in [7, 11) is 0. The molecule has 1 aromatic heterocycles. The normalized spacial score (nSPS) is 27.0. The number of carbonyl (C=O) groups excluding carboxylic acids is 1. The number of rotatable bonds is 4. The van der Waals surface area contributed by atoms with E-state index in [4.69, 9.17) is 4.74 Å². The number of aromatic nitrogens is 2. The predicted octanol–water partition coefficient (Wildman–Crippen LogP) is 5.63. The lowest BCUT2D eigenvalue weighted by molar-refractivity contribution is -0.0232. The number of hydrogen-bond donors (Lipinski definition) is 0. The Labute approximate surface area is 202 Å². The molecule has 1 aliphatic carbocycles. The smallest absolute Gasteiger partial charge is 0.362 e. The van der Waals surface area contributed by atoms with Crippen LogP contribution in [-0.4, -0.2) is 45.2 Å². The van der Waals surface area contributed by atoms with E-state index in [0.29, 0.717) is 23.6 Å². The molecule has 2 aromatic rings. The zero-order valence-electron chi connectivity index (χ0n) is 20.6. The minimum atomic E-state index is -0.616. The van der Waals surface area contributed by atoms with Crippen LogP contribution in [0, 0.1) is 0 Å². The van der Waals surface area contributed by atoms with Crippen LogP contribution in [0.3, 0.4) is 0 Å². The van der Waals surface area contributed by atoms with Gasteiger partial charge in [-0.15, -0.1) is 0 Å². The summed E-state index contributed by atoms with van der Waals surface area (Å²) in [6.45, 7) is 1.99. The molecular formula is C28H39N3O3. The molecule has 3 aliphatic rings. The van der Waals surface area contributed by atoms with Crippen LogP contribution in [0.5, 0.6) is 0 Å². The van der Waals surface area contributed by atoms with Gasteiger partial charge in [-0.1, -0.05) is 57.1 Å². The molecule has 0 N–H and O–H groups in total. The molecule has 0 radical (unpaired) electrons. The lowest BCUT2D eigenvalue weighted by atomic mass is 9.79. The highest BCUT2D eigenvalue weighted by Gasteiger charge is 2.42. The highest BCUT2D eigenvalue weighted by Crippen LogP contribution is 2.42. The van der Waals surface area contributed by atoms with Gasteiger partial charge < -0.3 is 9.30 Å². The number of nitrogens with zero attached hydrogens (tertiary/aromatic N) is 3. The van der Waals surface area contributed by atoms with Crippen molar-refractivity contribution in [2.75, 3.05) is 6.61 Å². The minimum Gasteiger partial charge on any atom is -0.461 e. The monoisotopic (exact) mass is 465 g/mol. The van der Waals surface area contributed by atoms with Gasteiger partial charge in [0.1, 0.15) is 0 Å².